The van der Waals surface area contributed by atoms with Crippen LogP contribution in [0.4, 0.5) is 0 Å². The number of benzene rings is 1. The number of amides is 1. The molecule has 0 aliphatic carbocycles. The van der Waals surface area contributed by atoms with E-state index in [1.807, 2.05) is 28.9 Å². The molecule has 0 N–H and O–H groups in total. The maximum atomic E-state index is 12.9. The van der Waals surface area contributed by atoms with Crippen LogP contribution >= 0.6 is 8.58 Å². The molecule has 0 radical (unpaired) electrons. The highest BCUT2D eigenvalue weighted by molar-refractivity contribution is 7.51. The Labute approximate surface area is 172 Å². The highest BCUT2D eigenvalue weighted by Crippen LogP contribution is 2.45. The summed E-state index contributed by atoms with van der Waals surface area (Å²) in [6, 6.07) is 6.33. The van der Waals surface area contributed by atoms with E-state index in [0.29, 0.717) is 8.58 Å². The van der Waals surface area contributed by atoms with E-state index < -0.39 is 0 Å². The molecule has 0 spiro atoms. The lowest BCUT2D eigenvalue weighted by Gasteiger charge is -2.35. The molecule has 1 aromatic heterocycles. The maximum absolute atomic E-state index is 12.9. The Hall–Kier alpha value is -2.49. The molecular weight excluding hydrogens is 379 g/mol. The summed E-state index contributed by atoms with van der Waals surface area (Å²) in [6.45, 7) is 5.38. The van der Waals surface area contributed by atoms with E-state index in [0.717, 1.165) is 47.8 Å². The lowest BCUT2D eigenvalue weighted by Crippen LogP contribution is -2.36. The second-order valence-corrected chi connectivity index (χ2v) is 9.17. The summed E-state index contributed by atoms with van der Waals surface area (Å²) >= 11 is 0. The van der Waals surface area contributed by atoms with Gasteiger partial charge < -0.3 is 4.90 Å². The zero-order chi connectivity index (χ0) is 20.0. The predicted molar refractivity (Wildman–Crippen MR) is 120 cm³/mol. The van der Waals surface area contributed by atoms with E-state index in [9.17, 15) is 4.79 Å². The molecule has 3 aliphatic heterocycles. The van der Waals surface area contributed by atoms with Crippen molar-refractivity contribution in [2.45, 2.75) is 19.1 Å². The van der Waals surface area contributed by atoms with Crippen LogP contribution in [0.25, 0.3) is 16.2 Å². The molecule has 3 aliphatic rings. The summed E-state index contributed by atoms with van der Waals surface area (Å²) in [6.07, 6.45) is 13.5. The van der Waals surface area contributed by atoms with Gasteiger partial charge in [0.05, 0.1) is 17.5 Å². The van der Waals surface area contributed by atoms with Gasteiger partial charge in [-0.2, -0.15) is 5.10 Å². The lowest BCUT2D eigenvalue weighted by atomic mass is 9.98. The molecule has 148 valence electrons. The van der Waals surface area contributed by atoms with Gasteiger partial charge in [-0.3, -0.25) is 14.4 Å². The summed E-state index contributed by atoms with van der Waals surface area (Å²) in [4.78, 5) is 17.3. The smallest absolute Gasteiger partial charge is 0.252 e. The lowest BCUT2D eigenvalue weighted by molar-refractivity contribution is -0.123. The van der Waals surface area contributed by atoms with Crippen molar-refractivity contribution in [2.75, 3.05) is 19.6 Å². The number of fused-ring (bicyclic) bond motifs is 2. The van der Waals surface area contributed by atoms with Gasteiger partial charge in [0.15, 0.2) is 0 Å². The van der Waals surface area contributed by atoms with Crippen LogP contribution in [-0.2, 0) is 11.8 Å². The van der Waals surface area contributed by atoms with E-state index in [-0.39, 0.29) is 11.7 Å². The largest absolute Gasteiger partial charge is 0.304 e. The average molecular weight is 404 g/mol. The molecule has 1 amide bonds. The van der Waals surface area contributed by atoms with E-state index in [2.05, 4.69) is 59.5 Å². The van der Waals surface area contributed by atoms with E-state index in [1.54, 1.807) is 0 Å². The third-order valence-corrected chi connectivity index (χ3v) is 7.54. The van der Waals surface area contributed by atoms with Crippen LogP contribution in [0, 0.1) is 0 Å². The zero-order valence-corrected chi connectivity index (χ0v) is 17.8. The molecule has 4 heterocycles. The average Bonchev–Trinajstić information content (AvgIpc) is 3.13. The predicted octanol–water partition coefficient (Wildman–Crippen LogP) is 3.87. The zero-order valence-electron chi connectivity index (χ0n) is 16.8. The first-order valence-corrected chi connectivity index (χ1v) is 11.2. The number of rotatable bonds is 3. The highest BCUT2D eigenvalue weighted by Gasteiger charge is 2.29. The normalized spacial score (nSPS) is 23.2. The quantitative estimate of drug-likeness (QED) is 0.730. The number of likely N-dealkylation sites (N-methyl/N-ethyl adjacent to an activating group) is 1. The minimum Gasteiger partial charge on any atom is -0.304 e. The van der Waals surface area contributed by atoms with Crippen LogP contribution in [0.3, 0.4) is 0 Å². The Kier molecular flexibility index (Phi) is 4.73. The Morgan fingerprint density at radius 2 is 2.21 bits per heavy atom. The van der Waals surface area contributed by atoms with Crippen molar-refractivity contribution in [3.8, 4) is 0 Å². The standard InChI is InChI=1S/C23H25N4OP/c1-3-26-10-8-16(9-11-26)18-5-7-23-27(15-18)22(28)13-21(29-23)17-4-6-20-19(12-17)14-24-25(20)2/h4-8,12-15,23,29H,3,9-11H2,1-2H3. The van der Waals surface area contributed by atoms with Gasteiger partial charge in [-0.25, -0.2) is 0 Å². The first-order valence-electron chi connectivity index (χ1n) is 10.2. The second kappa shape index (κ2) is 7.40. The first-order chi connectivity index (χ1) is 14.1. The monoisotopic (exact) mass is 404 g/mol. The number of hydrogen-bond acceptors (Lipinski definition) is 3. The fraction of sp³-hybridized carbons (Fsp3) is 0.304. The van der Waals surface area contributed by atoms with Crippen LogP contribution < -0.4 is 0 Å². The fourth-order valence-corrected chi connectivity index (χ4v) is 5.61. The third-order valence-electron chi connectivity index (χ3n) is 6.03. The molecule has 6 heteroatoms. The molecule has 0 saturated carbocycles. The Balaban J connectivity index is 1.40. The van der Waals surface area contributed by atoms with Gasteiger partial charge in [0.2, 0.25) is 0 Å². The number of hydrogen-bond donors (Lipinski definition) is 0. The van der Waals surface area contributed by atoms with Gasteiger partial charge in [-0.05, 0) is 47.1 Å². The molecule has 1 aromatic carbocycles. The highest BCUT2D eigenvalue weighted by atomic mass is 31.1. The maximum Gasteiger partial charge on any atom is 0.252 e. The summed E-state index contributed by atoms with van der Waals surface area (Å²) in [5, 5.41) is 6.56. The SMILES string of the molecule is CCN1CC=C(C2=CN3C(=O)C=C(c4ccc5c(cnn5C)c4)PC3C=C2)CC1. The molecule has 5 rings (SSSR count). The van der Waals surface area contributed by atoms with Gasteiger partial charge in [-0.1, -0.05) is 39.8 Å². The number of carbonyl (C=O) groups is 1. The van der Waals surface area contributed by atoms with Crippen molar-refractivity contribution in [2.24, 2.45) is 7.05 Å². The number of carbonyl (C=O) groups excluding carboxylic acids is 1. The van der Waals surface area contributed by atoms with Gasteiger partial charge in [0, 0.05) is 37.8 Å². The van der Waals surface area contributed by atoms with Gasteiger partial charge in [0.1, 0.15) is 0 Å². The molecule has 29 heavy (non-hydrogen) atoms. The summed E-state index contributed by atoms with van der Waals surface area (Å²) in [7, 11) is 2.49. The van der Waals surface area contributed by atoms with E-state index in [1.165, 1.54) is 11.1 Å². The van der Waals surface area contributed by atoms with Crippen molar-refractivity contribution >= 4 is 30.7 Å². The third kappa shape index (κ3) is 3.39. The molecule has 0 saturated heterocycles. The number of nitrogens with zero attached hydrogens (tertiary/aromatic N) is 4. The molecule has 0 fully saturated rings. The molecular formula is C23H25N4OP. The summed E-state index contributed by atoms with van der Waals surface area (Å²) < 4.78 is 1.87. The van der Waals surface area contributed by atoms with Crippen molar-refractivity contribution < 1.29 is 4.79 Å². The fourth-order valence-electron chi connectivity index (χ4n) is 4.23. The van der Waals surface area contributed by atoms with Crippen molar-refractivity contribution in [1.29, 1.82) is 0 Å². The van der Waals surface area contributed by atoms with Crippen LogP contribution in [0.5, 0.6) is 0 Å². The van der Waals surface area contributed by atoms with Crippen LogP contribution in [0.2, 0.25) is 0 Å². The number of aromatic nitrogens is 2. The van der Waals surface area contributed by atoms with Gasteiger partial charge in [-0.15, -0.1) is 0 Å². The second-order valence-electron chi connectivity index (χ2n) is 7.75. The van der Waals surface area contributed by atoms with Gasteiger partial charge in [0.25, 0.3) is 5.91 Å². The van der Waals surface area contributed by atoms with E-state index >= 15 is 0 Å². The minimum atomic E-state index is 0.0727. The van der Waals surface area contributed by atoms with Crippen LogP contribution in [-0.4, -0.2) is 50.9 Å². The first kappa shape index (κ1) is 18.5. The van der Waals surface area contributed by atoms with Crippen molar-refractivity contribution in [1.82, 2.24) is 19.6 Å². The molecule has 2 unspecified atom stereocenters. The summed E-state index contributed by atoms with van der Waals surface area (Å²) in [5.74, 6) is 0.190. The molecule has 5 nitrogen and oxygen atoms in total. The topological polar surface area (TPSA) is 41.4 Å². The van der Waals surface area contributed by atoms with Gasteiger partial charge >= 0.3 is 0 Å². The molecule has 2 atom stereocenters. The minimum absolute atomic E-state index is 0.0727. The number of aryl methyl sites for hydroxylation is 1. The Bertz CT molecular complexity index is 1110. The molecule has 2 aromatic rings. The van der Waals surface area contributed by atoms with Crippen molar-refractivity contribution in [3.63, 3.8) is 0 Å². The summed E-state index contributed by atoms with van der Waals surface area (Å²) in [5.41, 5.74) is 4.77. The van der Waals surface area contributed by atoms with Crippen molar-refractivity contribution in [3.05, 3.63) is 71.6 Å². The number of allylic oxidation sites excluding steroid dienone is 2. The van der Waals surface area contributed by atoms with Crippen LogP contribution in [0.15, 0.2) is 66.0 Å². The van der Waals surface area contributed by atoms with E-state index in [4.69, 9.17) is 0 Å². The van der Waals surface area contributed by atoms with Crippen LogP contribution in [0.1, 0.15) is 18.9 Å². The molecule has 0 bridgehead atoms. The Morgan fingerprint density at radius 3 is 3.00 bits per heavy atom. The Morgan fingerprint density at radius 1 is 1.31 bits per heavy atom.